The molecule has 220 valence electrons. The number of thiophene rings is 2. The summed E-state index contributed by atoms with van der Waals surface area (Å²) in [7, 11) is 0. The molecule has 0 saturated carbocycles. The van der Waals surface area contributed by atoms with Gasteiger partial charge in [0.15, 0.2) is 0 Å². The third kappa shape index (κ3) is 4.14. The van der Waals surface area contributed by atoms with Crippen molar-refractivity contribution in [3.8, 4) is 39.1 Å². The molecule has 0 spiro atoms. The Bertz CT molecular complexity index is 2780. The molecule has 0 saturated heterocycles. The lowest BCUT2D eigenvalue weighted by molar-refractivity contribution is 1.19. The topological polar surface area (TPSA) is 4.93 Å². The molecule has 0 unspecified atom stereocenters. The van der Waals surface area contributed by atoms with E-state index in [1.807, 2.05) is 22.7 Å². The van der Waals surface area contributed by atoms with Crippen molar-refractivity contribution in [1.82, 2.24) is 4.57 Å². The van der Waals surface area contributed by atoms with Gasteiger partial charge in [0.2, 0.25) is 0 Å². The Balaban J connectivity index is 1.12. The summed E-state index contributed by atoms with van der Waals surface area (Å²) in [6.45, 7) is 0. The van der Waals surface area contributed by atoms with Crippen LogP contribution in [0.5, 0.6) is 0 Å². The number of rotatable bonds is 4. The van der Waals surface area contributed by atoms with Gasteiger partial charge in [-0.2, -0.15) is 0 Å². The van der Waals surface area contributed by atoms with Crippen molar-refractivity contribution >= 4 is 74.1 Å². The monoisotopic (exact) mass is 633 g/mol. The molecule has 0 radical (unpaired) electrons. The Labute approximate surface area is 280 Å². The van der Waals surface area contributed by atoms with E-state index in [0.717, 1.165) is 0 Å². The second-order valence-electron chi connectivity index (χ2n) is 12.1. The molecule has 0 aliphatic rings. The standard InChI is InChI=1S/C44H27NS2/c1-3-12-28(13-4-1)33-19-10-21-35-36-22-11-20-34(43(36)47-42(33)35)31-15-9-14-29(26-31)30-24-25-38-40(27-30)46-44-37-18-7-8-23-39(37)45(41(38)44)32-16-5-2-6-17-32/h1-27H. The minimum absolute atomic E-state index is 1.20. The van der Waals surface area contributed by atoms with Gasteiger partial charge in [0.05, 0.1) is 15.7 Å². The minimum Gasteiger partial charge on any atom is -0.308 e. The highest BCUT2D eigenvalue weighted by Gasteiger charge is 2.18. The molecule has 0 bridgehead atoms. The molecule has 0 aliphatic heterocycles. The van der Waals surface area contributed by atoms with Gasteiger partial charge in [-0.15, -0.1) is 22.7 Å². The number of fused-ring (bicyclic) bond motifs is 8. The molecule has 3 aromatic heterocycles. The van der Waals surface area contributed by atoms with E-state index >= 15 is 0 Å². The maximum atomic E-state index is 2.43. The molecule has 7 aromatic carbocycles. The van der Waals surface area contributed by atoms with Crippen molar-refractivity contribution in [3.63, 3.8) is 0 Å². The van der Waals surface area contributed by atoms with Gasteiger partial charge in [-0.3, -0.25) is 0 Å². The van der Waals surface area contributed by atoms with Gasteiger partial charge in [0.25, 0.3) is 0 Å². The first-order valence-corrected chi connectivity index (χ1v) is 17.6. The molecular formula is C44H27NS2. The lowest BCUT2D eigenvalue weighted by atomic mass is 9.97. The predicted octanol–water partition coefficient (Wildman–Crippen LogP) is 13.4. The van der Waals surface area contributed by atoms with Crippen molar-refractivity contribution in [2.75, 3.05) is 0 Å². The Kier molecular flexibility index (Phi) is 5.98. The summed E-state index contributed by atoms with van der Waals surface area (Å²) in [4.78, 5) is 0. The molecule has 0 fully saturated rings. The molecule has 0 atom stereocenters. The number of benzene rings is 7. The molecule has 3 heterocycles. The molecule has 10 rings (SSSR count). The summed E-state index contributed by atoms with van der Waals surface area (Å²) in [5.74, 6) is 0. The van der Waals surface area contributed by atoms with Crippen LogP contribution < -0.4 is 0 Å². The van der Waals surface area contributed by atoms with E-state index in [9.17, 15) is 0 Å². The lowest BCUT2D eigenvalue weighted by Gasteiger charge is -2.09. The molecule has 0 N–H and O–H groups in total. The zero-order valence-electron chi connectivity index (χ0n) is 25.4. The summed E-state index contributed by atoms with van der Waals surface area (Å²) < 4.78 is 7.77. The fourth-order valence-corrected chi connectivity index (χ4v) is 9.88. The molecule has 10 aromatic rings. The van der Waals surface area contributed by atoms with E-state index in [2.05, 4.69) is 168 Å². The van der Waals surface area contributed by atoms with Gasteiger partial charge in [-0.25, -0.2) is 0 Å². The normalized spacial score (nSPS) is 11.8. The third-order valence-corrected chi connectivity index (χ3v) is 11.9. The first-order valence-electron chi connectivity index (χ1n) is 15.9. The van der Waals surface area contributed by atoms with Crippen LogP contribution in [0.1, 0.15) is 0 Å². The van der Waals surface area contributed by atoms with Gasteiger partial charge >= 0.3 is 0 Å². The molecule has 0 amide bonds. The molecule has 47 heavy (non-hydrogen) atoms. The Morgan fingerprint density at radius 3 is 1.74 bits per heavy atom. The van der Waals surface area contributed by atoms with Gasteiger partial charge in [0.1, 0.15) is 0 Å². The van der Waals surface area contributed by atoms with Crippen molar-refractivity contribution in [1.29, 1.82) is 0 Å². The second-order valence-corrected chi connectivity index (χ2v) is 14.2. The maximum absolute atomic E-state index is 2.43. The van der Waals surface area contributed by atoms with Crippen LogP contribution in [-0.2, 0) is 0 Å². The van der Waals surface area contributed by atoms with Crippen LogP contribution in [0.2, 0.25) is 0 Å². The average Bonchev–Trinajstić information content (AvgIpc) is 3.81. The maximum Gasteiger partial charge on any atom is 0.0727 e. The van der Waals surface area contributed by atoms with Crippen LogP contribution in [0.4, 0.5) is 0 Å². The van der Waals surface area contributed by atoms with Crippen molar-refractivity contribution in [2.24, 2.45) is 0 Å². The Morgan fingerprint density at radius 2 is 0.957 bits per heavy atom. The average molecular weight is 634 g/mol. The van der Waals surface area contributed by atoms with E-state index < -0.39 is 0 Å². The quantitative estimate of drug-likeness (QED) is 0.182. The van der Waals surface area contributed by atoms with E-state index in [-0.39, 0.29) is 0 Å². The predicted molar refractivity (Wildman–Crippen MR) is 205 cm³/mol. The van der Waals surface area contributed by atoms with Gasteiger partial charge in [0, 0.05) is 41.3 Å². The van der Waals surface area contributed by atoms with E-state index in [4.69, 9.17) is 0 Å². The van der Waals surface area contributed by atoms with E-state index in [1.165, 1.54) is 90.4 Å². The zero-order chi connectivity index (χ0) is 30.9. The van der Waals surface area contributed by atoms with Crippen LogP contribution in [0, 0.1) is 0 Å². The van der Waals surface area contributed by atoms with Gasteiger partial charge in [-0.1, -0.05) is 133 Å². The summed E-state index contributed by atoms with van der Waals surface area (Å²) >= 11 is 3.81. The van der Waals surface area contributed by atoms with Crippen LogP contribution >= 0.6 is 22.7 Å². The smallest absolute Gasteiger partial charge is 0.0727 e. The first-order chi connectivity index (χ1) is 23.3. The second kappa shape index (κ2) is 10.5. The van der Waals surface area contributed by atoms with Crippen LogP contribution in [0.3, 0.4) is 0 Å². The Morgan fingerprint density at radius 1 is 0.362 bits per heavy atom. The fourth-order valence-electron chi connectivity index (χ4n) is 7.25. The summed E-state index contributed by atoms with van der Waals surface area (Å²) in [5.41, 5.74) is 11.3. The molecule has 0 aliphatic carbocycles. The summed E-state index contributed by atoms with van der Waals surface area (Å²) in [6, 6.07) is 59.8. The first kappa shape index (κ1) is 26.7. The number of hydrogen-bond acceptors (Lipinski definition) is 2. The van der Waals surface area contributed by atoms with Crippen LogP contribution in [0.25, 0.3) is 90.4 Å². The number of nitrogens with zero attached hydrogens (tertiary/aromatic N) is 1. The van der Waals surface area contributed by atoms with Crippen molar-refractivity contribution in [2.45, 2.75) is 0 Å². The lowest BCUT2D eigenvalue weighted by Crippen LogP contribution is -1.92. The fraction of sp³-hybridized carbons (Fsp3) is 0. The minimum atomic E-state index is 1.20. The molecular weight excluding hydrogens is 607 g/mol. The summed E-state index contributed by atoms with van der Waals surface area (Å²) in [5, 5.41) is 5.26. The largest absolute Gasteiger partial charge is 0.308 e. The summed E-state index contributed by atoms with van der Waals surface area (Å²) in [6.07, 6.45) is 0. The van der Waals surface area contributed by atoms with Crippen molar-refractivity contribution in [3.05, 3.63) is 164 Å². The highest BCUT2D eigenvalue weighted by molar-refractivity contribution is 7.27. The van der Waals surface area contributed by atoms with Crippen molar-refractivity contribution < 1.29 is 0 Å². The molecule has 3 heteroatoms. The number of aromatic nitrogens is 1. The van der Waals surface area contributed by atoms with Crippen LogP contribution in [-0.4, -0.2) is 4.57 Å². The van der Waals surface area contributed by atoms with Crippen LogP contribution in [0.15, 0.2) is 164 Å². The van der Waals surface area contributed by atoms with E-state index in [0.29, 0.717) is 0 Å². The van der Waals surface area contributed by atoms with Gasteiger partial charge < -0.3 is 4.57 Å². The molecule has 1 nitrogen and oxygen atoms in total. The SMILES string of the molecule is c1ccc(-c2cccc3c2sc2c(-c4cccc(-c5ccc6c(c5)sc5c7ccccc7n(-c7ccccc7)c65)c4)cccc23)cc1. The Hall–Kier alpha value is -5.48. The number of hydrogen-bond donors (Lipinski definition) is 0. The number of para-hydroxylation sites is 2. The third-order valence-electron chi connectivity index (χ3n) is 9.41. The van der Waals surface area contributed by atoms with Gasteiger partial charge in [-0.05, 0) is 63.7 Å². The van der Waals surface area contributed by atoms with E-state index in [1.54, 1.807) is 0 Å². The highest BCUT2D eigenvalue weighted by Crippen LogP contribution is 2.46. The zero-order valence-corrected chi connectivity index (χ0v) is 27.0. The highest BCUT2D eigenvalue weighted by atomic mass is 32.1.